The molecule has 0 radical (unpaired) electrons. The third kappa shape index (κ3) is 9.62. The zero-order chi connectivity index (χ0) is 34.0. The molecule has 0 unspecified atom stereocenters. The molecule has 0 bridgehead atoms. The Morgan fingerprint density at radius 3 is 2.19 bits per heavy atom. The van der Waals surface area contributed by atoms with E-state index in [0.717, 1.165) is 24.8 Å². The van der Waals surface area contributed by atoms with E-state index in [4.69, 9.17) is 4.74 Å². The van der Waals surface area contributed by atoms with Gasteiger partial charge in [0.05, 0.1) is 17.2 Å². The van der Waals surface area contributed by atoms with Crippen molar-refractivity contribution in [1.82, 2.24) is 10.2 Å². The highest BCUT2D eigenvalue weighted by atomic mass is 79.9. The van der Waals surface area contributed by atoms with E-state index in [1.54, 1.807) is 36.4 Å². The first-order valence-electron chi connectivity index (χ1n) is 15.3. The normalized spacial score (nSPS) is 12.0. The lowest BCUT2D eigenvalue weighted by Gasteiger charge is -2.34. The van der Waals surface area contributed by atoms with Crippen LogP contribution in [-0.4, -0.2) is 56.6 Å². The molecule has 4 aromatic carbocycles. The molecule has 0 saturated carbocycles. The molecule has 0 fully saturated rings. The smallest absolute Gasteiger partial charge is 0.264 e. The van der Waals surface area contributed by atoms with Crippen molar-refractivity contribution in [2.45, 2.75) is 55.6 Å². The van der Waals surface area contributed by atoms with Crippen LogP contribution in [0.5, 0.6) is 5.75 Å². The fourth-order valence-corrected chi connectivity index (χ4v) is 7.38. The van der Waals surface area contributed by atoms with Crippen LogP contribution in [0.3, 0.4) is 0 Å². The molecule has 0 spiro atoms. The Labute approximate surface area is 290 Å². The Kier molecular flexibility index (Phi) is 12.9. The maximum Gasteiger partial charge on any atom is 0.264 e. The molecule has 0 saturated heterocycles. The van der Waals surface area contributed by atoms with E-state index < -0.39 is 28.5 Å². The number of anilines is 1. The highest BCUT2D eigenvalue weighted by Gasteiger charge is 2.35. The second-order valence-corrected chi connectivity index (χ2v) is 14.8. The average Bonchev–Trinajstić information content (AvgIpc) is 3.05. The number of carbonyl (C=O) groups excluding carboxylic acids is 2. The predicted octanol–water partition coefficient (Wildman–Crippen LogP) is 6.93. The number of rotatable bonds is 15. The molecule has 47 heavy (non-hydrogen) atoms. The van der Waals surface area contributed by atoms with Crippen molar-refractivity contribution in [1.29, 1.82) is 0 Å². The van der Waals surface area contributed by atoms with Crippen molar-refractivity contribution < 1.29 is 22.7 Å². The van der Waals surface area contributed by atoms with Gasteiger partial charge in [0, 0.05) is 28.4 Å². The number of thioether (sulfide) groups is 1. The monoisotopic (exact) mass is 737 g/mol. The molecular formula is C36H40BrN3O5S2. The first-order chi connectivity index (χ1) is 22.5. The Morgan fingerprint density at radius 1 is 0.894 bits per heavy atom. The molecule has 1 N–H and O–H groups in total. The summed E-state index contributed by atoms with van der Waals surface area (Å²) in [6.45, 7) is 5.34. The topological polar surface area (TPSA) is 96.0 Å². The summed E-state index contributed by atoms with van der Waals surface area (Å²) in [5.74, 6) is -0.548. The van der Waals surface area contributed by atoms with Crippen LogP contribution < -0.4 is 14.4 Å². The number of halogens is 1. The van der Waals surface area contributed by atoms with Gasteiger partial charge in [-0.1, -0.05) is 70.5 Å². The van der Waals surface area contributed by atoms with Crippen molar-refractivity contribution >= 4 is 55.2 Å². The maximum atomic E-state index is 14.7. The number of sulfonamides is 1. The number of hydrogen-bond acceptors (Lipinski definition) is 6. The number of benzene rings is 4. The highest BCUT2D eigenvalue weighted by Crippen LogP contribution is 2.33. The summed E-state index contributed by atoms with van der Waals surface area (Å²) in [4.78, 5) is 31.0. The van der Waals surface area contributed by atoms with Gasteiger partial charge in [-0.15, -0.1) is 11.8 Å². The van der Waals surface area contributed by atoms with Crippen LogP contribution in [0.25, 0.3) is 0 Å². The summed E-state index contributed by atoms with van der Waals surface area (Å²) in [5, 5.41) is 2.98. The molecule has 4 aromatic rings. The molecule has 0 heterocycles. The Balaban J connectivity index is 1.84. The van der Waals surface area contributed by atoms with Crippen molar-refractivity contribution in [2.24, 2.45) is 0 Å². The minimum atomic E-state index is -4.26. The summed E-state index contributed by atoms with van der Waals surface area (Å²) in [5.41, 5.74) is 1.87. The van der Waals surface area contributed by atoms with Crippen molar-refractivity contribution in [3.8, 4) is 5.75 Å². The van der Waals surface area contributed by atoms with Crippen molar-refractivity contribution in [3.63, 3.8) is 0 Å². The van der Waals surface area contributed by atoms with Crippen LogP contribution in [-0.2, 0) is 32.6 Å². The van der Waals surface area contributed by atoms with E-state index in [1.807, 2.05) is 81.6 Å². The zero-order valence-electron chi connectivity index (χ0n) is 26.9. The zero-order valence-corrected chi connectivity index (χ0v) is 30.1. The molecule has 0 aromatic heterocycles. The fraction of sp³-hybridized carbons (Fsp3) is 0.278. The minimum absolute atomic E-state index is 0.0336. The molecule has 0 aliphatic rings. The van der Waals surface area contributed by atoms with Crippen molar-refractivity contribution in [3.05, 3.63) is 119 Å². The van der Waals surface area contributed by atoms with Gasteiger partial charge in [-0.3, -0.25) is 13.9 Å². The lowest BCUT2D eigenvalue weighted by Crippen LogP contribution is -2.54. The molecule has 0 aliphatic carbocycles. The largest absolute Gasteiger partial charge is 0.492 e. The molecular weight excluding hydrogens is 698 g/mol. The van der Waals surface area contributed by atoms with Crippen LogP contribution >= 0.6 is 27.7 Å². The summed E-state index contributed by atoms with van der Waals surface area (Å²) >= 11 is 5.01. The molecule has 4 rings (SSSR count). The quantitative estimate of drug-likeness (QED) is 0.133. The number of para-hydroxylation sites is 2. The Morgan fingerprint density at radius 2 is 1.55 bits per heavy atom. The number of nitrogens with one attached hydrogen (secondary N) is 1. The Hall–Kier alpha value is -3.80. The number of ether oxygens (including phenoxy) is 1. The number of carbonyl (C=O) groups is 2. The van der Waals surface area contributed by atoms with Crippen molar-refractivity contribution in [2.75, 3.05) is 23.7 Å². The number of nitrogens with zero attached hydrogens (tertiary/aromatic N) is 2. The van der Waals surface area contributed by atoms with Crippen LogP contribution in [0.4, 0.5) is 5.69 Å². The minimum Gasteiger partial charge on any atom is -0.492 e. The maximum absolute atomic E-state index is 14.7. The van der Waals surface area contributed by atoms with E-state index in [2.05, 4.69) is 21.2 Å². The van der Waals surface area contributed by atoms with Gasteiger partial charge < -0.3 is 15.0 Å². The highest BCUT2D eigenvalue weighted by molar-refractivity contribution is 9.10. The molecule has 2 amide bonds. The predicted molar refractivity (Wildman–Crippen MR) is 192 cm³/mol. The summed E-state index contributed by atoms with van der Waals surface area (Å²) in [7, 11) is -4.26. The average molecular weight is 739 g/mol. The van der Waals surface area contributed by atoms with E-state index in [9.17, 15) is 18.0 Å². The molecule has 0 aliphatic heterocycles. The second kappa shape index (κ2) is 16.9. The second-order valence-electron chi connectivity index (χ2n) is 11.1. The lowest BCUT2D eigenvalue weighted by atomic mass is 10.0. The van der Waals surface area contributed by atoms with Crippen LogP contribution in [0.1, 0.15) is 31.9 Å². The number of hydrogen-bond donors (Lipinski definition) is 1. The van der Waals surface area contributed by atoms with Gasteiger partial charge in [0.25, 0.3) is 10.0 Å². The van der Waals surface area contributed by atoms with Gasteiger partial charge in [0.15, 0.2) is 0 Å². The van der Waals surface area contributed by atoms with Gasteiger partial charge in [0.1, 0.15) is 18.3 Å². The van der Waals surface area contributed by atoms with Crippen LogP contribution in [0, 0.1) is 0 Å². The summed E-state index contributed by atoms with van der Waals surface area (Å²) < 4.78 is 36.5. The standard InChI is InChI=1S/C36H40BrN3O5S2/c1-5-45-34-17-10-9-16-32(34)40(47(43,44)31-20-18-30(46-4)19-21-31)25-35(41)39(24-28-14-11-15-29(37)22-28)33(36(42)38-26(2)3)23-27-12-7-6-8-13-27/h6-22,26,33H,5,23-25H2,1-4H3,(H,38,42)/t33-/m0/s1. The van der Waals surface area contributed by atoms with E-state index in [1.165, 1.54) is 28.8 Å². The van der Waals surface area contributed by atoms with E-state index in [0.29, 0.717) is 12.4 Å². The summed E-state index contributed by atoms with van der Waals surface area (Å²) in [6.07, 6.45) is 2.14. The fourth-order valence-electron chi connectivity index (χ4n) is 5.10. The van der Waals surface area contributed by atoms with Gasteiger partial charge in [-0.2, -0.15) is 0 Å². The van der Waals surface area contributed by atoms with Crippen LogP contribution in [0.2, 0.25) is 0 Å². The molecule has 11 heteroatoms. The van der Waals surface area contributed by atoms with E-state index >= 15 is 0 Å². The first-order valence-corrected chi connectivity index (χ1v) is 18.8. The SMILES string of the molecule is CCOc1ccccc1N(CC(=O)N(Cc1cccc(Br)c1)[C@@H](Cc1ccccc1)C(=O)NC(C)C)S(=O)(=O)c1ccc(SC)cc1. The van der Waals surface area contributed by atoms with E-state index in [-0.39, 0.29) is 35.5 Å². The lowest BCUT2D eigenvalue weighted by molar-refractivity contribution is -0.140. The molecule has 248 valence electrons. The molecule has 8 nitrogen and oxygen atoms in total. The third-order valence-corrected chi connectivity index (χ3v) is 10.3. The van der Waals surface area contributed by atoms with Gasteiger partial charge >= 0.3 is 0 Å². The first kappa shape index (κ1) is 36.0. The van der Waals surface area contributed by atoms with Gasteiger partial charge in [-0.05, 0) is 86.7 Å². The van der Waals surface area contributed by atoms with Gasteiger partial charge in [-0.25, -0.2) is 8.42 Å². The molecule has 1 atom stereocenters. The number of amides is 2. The third-order valence-electron chi connectivity index (χ3n) is 7.30. The van der Waals surface area contributed by atoms with Crippen LogP contribution in [0.15, 0.2) is 117 Å². The Bertz CT molecular complexity index is 1750. The van der Waals surface area contributed by atoms with Gasteiger partial charge in [0.2, 0.25) is 11.8 Å². The summed E-state index contributed by atoms with van der Waals surface area (Å²) in [6, 6.07) is 29.1.